The summed E-state index contributed by atoms with van der Waals surface area (Å²) in [7, 11) is 0. The summed E-state index contributed by atoms with van der Waals surface area (Å²) in [4.78, 5) is 32.5. The molecule has 1 aliphatic heterocycles. The molecule has 1 N–H and O–H groups in total. The zero-order valence-corrected chi connectivity index (χ0v) is 17.5. The Morgan fingerprint density at radius 3 is 2.39 bits per heavy atom. The fourth-order valence-corrected chi connectivity index (χ4v) is 4.07. The summed E-state index contributed by atoms with van der Waals surface area (Å²) in [6.07, 6.45) is 3.09. The molecule has 1 aliphatic rings. The minimum atomic E-state index is -0.779. The van der Waals surface area contributed by atoms with Gasteiger partial charge in [0.1, 0.15) is 5.00 Å². The van der Waals surface area contributed by atoms with E-state index in [0.29, 0.717) is 25.9 Å². The first-order chi connectivity index (χ1) is 13.3. The molecule has 1 aromatic heterocycles. The summed E-state index contributed by atoms with van der Waals surface area (Å²) in [5.41, 5.74) is 1.14. The second-order valence-electron chi connectivity index (χ2n) is 7.93. The third kappa shape index (κ3) is 4.70. The van der Waals surface area contributed by atoms with Crippen LogP contribution in [0.5, 0.6) is 0 Å². The number of carbonyl (C=O) groups excluding carboxylic acids is 1. The first-order valence-electron chi connectivity index (χ1n) is 9.55. The molecule has 0 saturated carbocycles. The number of aryl methyl sites for hydroxylation is 2. The zero-order valence-electron chi connectivity index (χ0n) is 16.6. The highest BCUT2D eigenvalue weighted by Crippen LogP contribution is 2.29. The molecule has 0 atom stereocenters. The third-order valence-electron chi connectivity index (χ3n) is 5.26. The highest BCUT2D eigenvalue weighted by Gasteiger charge is 2.27. The second kappa shape index (κ2) is 8.31. The Bertz CT molecular complexity index is 837. The van der Waals surface area contributed by atoms with Gasteiger partial charge in [0.15, 0.2) is 0 Å². The topological polar surface area (TPSA) is 73.7 Å². The summed E-state index contributed by atoms with van der Waals surface area (Å²) in [6.45, 7) is 8.43. The summed E-state index contributed by atoms with van der Waals surface area (Å²) in [5, 5.41) is 11.3. The Morgan fingerprint density at radius 1 is 1.14 bits per heavy atom. The maximum absolute atomic E-state index is 12.6. The fourth-order valence-electron chi connectivity index (χ4n) is 3.10. The highest BCUT2D eigenvalue weighted by molar-refractivity contribution is 7.15. The van der Waals surface area contributed by atoms with Crippen LogP contribution in [-0.2, 0) is 11.2 Å². The molecular formula is C21H27N3O3S. The number of thiazole rings is 1. The number of anilines is 1. The van der Waals surface area contributed by atoms with E-state index in [1.54, 1.807) is 25.2 Å². The Morgan fingerprint density at radius 2 is 1.79 bits per heavy atom. The molecule has 0 bridgehead atoms. The van der Waals surface area contributed by atoms with Crippen molar-refractivity contribution < 1.29 is 14.7 Å². The Balaban J connectivity index is 1.54. The first kappa shape index (κ1) is 20.3. The Hall–Kier alpha value is -2.41. The number of carboxylic acids is 1. The van der Waals surface area contributed by atoms with E-state index in [1.807, 2.05) is 42.3 Å². The fraction of sp³-hybridized carbons (Fsp3) is 0.476. The molecule has 0 aliphatic carbocycles. The lowest BCUT2D eigenvalue weighted by Gasteiger charge is -2.35. The summed E-state index contributed by atoms with van der Waals surface area (Å²) in [6, 6.07) is 7.71. The number of hydrogen-bond acceptors (Lipinski definition) is 5. The molecule has 2 aromatic rings. The van der Waals surface area contributed by atoms with Crippen molar-refractivity contribution in [1.82, 2.24) is 9.88 Å². The van der Waals surface area contributed by atoms with E-state index in [-0.39, 0.29) is 5.91 Å². The summed E-state index contributed by atoms with van der Waals surface area (Å²) in [5.74, 6) is -0.695. The predicted octanol–water partition coefficient (Wildman–Crippen LogP) is 3.46. The van der Waals surface area contributed by atoms with Crippen molar-refractivity contribution >= 4 is 28.2 Å². The molecule has 6 nitrogen and oxygen atoms in total. The molecule has 150 valence electrons. The summed E-state index contributed by atoms with van der Waals surface area (Å²) >= 11 is 1.62. The number of carboxylic acid groups (broad SMARTS) is 1. The van der Waals surface area contributed by atoms with Gasteiger partial charge in [-0.2, -0.15) is 0 Å². The number of hydrogen-bond donors (Lipinski definition) is 1. The van der Waals surface area contributed by atoms with Gasteiger partial charge in [0.25, 0.3) is 5.91 Å². The van der Waals surface area contributed by atoms with Crippen LogP contribution in [0.2, 0.25) is 0 Å². The van der Waals surface area contributed by atoms with Crippen molar-refractivity contribution in [2.45, 2.75) is 33.6 Å². The smallest absolute Gasteiger partial charge is 0.309 e. The highest BCUT2D eigenvalue weighted by atomic mass is 32.1. The maximum atomic E-state index is 12.6. The minimum absolute atomic E-state index is 0.0838. The van der Waals surface area contributed by atoms with Crippen molar-refractivity contribution in [2.75, 3.05) is 31.1 Å². The van der Waals surface area contributed by atoms with Gasteiger partial charge in [-0.1, -0.05) is 17.7 Å². The Labute approximate surface area is 169 Å². The van der Waals surface area contributed by atoms with Crippen molar-refractivity contribution in [1.29, 1.82) is 0 Å². The van der Waals surface area contributed by atoms with E-state index in [0.717, 1.165) is 34.2 Å². The second-order valence-corrected chi connectivity index (χ2v) is 9.02. The van der Waals surface area contributed by atoms with Crippen LogP contribution in [0.25, 0.3) is 0 Å². The molecule has 3 rings (SSSR count). The quantitative estimate of drug-likeness (QED) is 0.802. The molecule has 0 radical (unpaired) electrons. The molecule has 2 heterocycles. The first-order valence-corrected chi connectivity index (χ1v) is 10.4. The normalized spacial score (nSPS) is 15.0. The van der Waals surface area contributed by atoms with Crippen LogP contribution < -0.4 is 4.90 Å². The molecule has 0 unspecified atom stereocenters. The average molecular weight is 402 g/mol. The maximum Gasteiger partial charge on any atom is 0.309 e. The molecule has 28 heavy (non-hydrogen) atoms. The van der Waals surface area contributed by atoms with E-state index in [4.69, 9.17) is 0 Å². The third-order valence-corrected chi connectivity index (χ3v) is 6.38. The van der Waals surface area contributed by atoms with Crippen LogP contribution in [0, 0.1) is 12.3 Å². The number of carbonyl (C=O) groups is 2. The zero-order chi connectivity index (χ0) is 20.3. The minimum Gasteiger partial charge on any atom is -0.481 e. The largest absolute Gasteiger partial charge is 0.481 e. The van der Waals surface area contributed by atoms with E-state index in [9.17, 15) is 14.7 Å². The van der Waals surface area contributed by atoms with Crippen LogP contribution >= 0.6 is 11.3 Å². The van der Waals surface area contributed by atoms with E-state index >= 15 is 0 Å². The van der Waals surface area contributed by atoms with Crippen molar-refractivity contribution in [3.63, 3.8) is 0 Å². The van der Waals surface area contributed by atoms with Gasteiger partial charge in [0, 0.05) is 38.2 Å². The molecule has 1 fully saturated rings. The predicted molar refractivity (Wildman–Crippen MR) is 111 cm³/mol. The van der Waals surface area contributed by atoms with Crippen LogP contribution in [-0.4, -0.2) is 53.0 Å². The van der Waals surface area contributed by atoms with Gasteiger partial charge in [-0.3, -0.25) is 9.59 Å². The lowest BCUT2D eigenvalue weighted by Crippen LogP contribution is -2.48. The molecule has 1 amide bonds. The lowest BCUT2D eigenvalue weighted by atomic mass is 9.88. The van der Waals surface area contributed by atoms with Gasteiger partial charge in [-0.15, -0.1) is 11.3 Å². The number of aromatic nitrogens is 1. The van der Waals surface area contributed by atoms with Gasteiger partial charge in [0.05, 0.1) is 16.6 Å². The van der Waals surface area contributed by atoms with Gasteiger partial charge in [-0.25, -0.2) is 4.98 Å². The number of benzene rings is 1. The van der Waals surface area contributed by atoms with E-state index < -0.39 is 11.4 Å². The van der Waals surface area contributed by atoms with Crippen LogP contribution in [0.3, 0.4) is 0 Å². The van der Waals surface area contributed by atoms with Crippen LogP contribution in [0.1, 0.15) is 41.2 Å². The number of piperazine rings is 1. The SMILES string of the molecule is Cc1ccc(C(=O)N2CCN(c3cnc(CCC(C)(C)C(=O)O)s3)CC2)cc1. The van der Waals surface area contributed by atoms with Crippen LogP contribution in [0.4, 0.5) is 5.00 Å². The number of amides is 1. The van der Waals surface area contributed by atoms with Gasteiger partial charge >= 0.3 is 5.97 Å². The van der Waals surface area contributed by atoms with Gasteiger partial charge in [0.2, 0.25) is 0 Å². The average Bonchev–Trinajstić information content (AvgIpc) is 3.16. The van der Waals surface area contributed by atoms with Gasteiger partial charge in [-0.05, 0) is 39.3 Å². The van der Waals surface area contributed by atoms with Crippen molar-refractivity contribution in [3.05, 3.63) is 46.6 Å². The monoisotopic (exact) mass is 401 g/mol. The molecule has 7 heteroatoms. The molecule has 0 spiro atoms. The van der Waals surface area contributed by atoms with E-state index in [1.165, 1.54) is 0 Å². The molecule has 1 aromatic carbocycles. The standard InChI is InChI=1S/C21H27N3O3S/c1-15-4-6-16(7-5-15)19(25)24-12-10-23(11-13-24)18-14-22-17(28-18)8-9-21(2,3)20(26)27/h4-7,14H,8-13H2,1-3H3,(H,26,27). The summed E-state index contributed by atoms with van der Waals surface area (Å²) < 4.78 is 0. The van der Waals surface area contributed by atoms with Crippen molar-refractivity contribution in [3.8, 4) is 0 Å². The number of nitrogens with zero attached hydrogens (tertiary/aromatic N) is 3. The Kier molecular flexibility index (Phi) is 6.03. The van der Waals surface area contributed by atoms with Crippen molar-refractivity contribution in [2.24, 2.45) is 5.41 Å². The van der Waals surface area contributed by atoms with Gasteiger partial charge < -0.3 is 14.9 Å². The molecular weight excluding hydrogens is 374 g/mol. The molecule has 1 saturated heterocycles. The number of aliphatic carboxylic acids is 1. The number of rotatable bonds is 6. The van der Waals surface area contributed by atoms with Crippen LogP contribution in [0.15, 0.2) is 30.5 Å². The lowest BCUT2D eigenvalue weighted by molar-refractivity contribution is -0.147. The van der Waals surface area contributed by atoms with E-state index in [2.05, 4.69) is 9.88 Å².